The summed E-state index contributed by atoms with van der Waals surface area (Å²) in [4.78, 5) is 0. The summed E-state index contributed by atoms with van der Waals surface area (Å²) in [6.07, 6.45) is 0. The first-order valence-electron chi connectivity index (χ1n) is 16.8. The van der Waals surface area contributed by atoms with Crippen LogP contribution in [0.5, 0.6) is 0 Å². The van der Waals surface area contributed by atoms with Crippen molar-refractivity contribution in [2.24, 2.45) is 0 Å². The third kappa shape index (κ3) is 3.85. The van der Waals surface area contributed by atoms with E-state index < -0.39 is 0 Å². The fourth-order valence-corrected chi connectivity index (χ4v) is 8.31. The predicted octanol–water partition coefficient (Wildman–Crippen LogP) is 13.2. The molecule has 1 nitrogen and oxygen atoms in total. The molecule has 0 bridgehead atoms. The molecule has 0 atom stereocenters. The van der Waals surface area contributed by atoms with Gasteiger partial charge in [0.1, 0.15) is 11.2 Å². The normalized spacial score (nSPS) is 13.4. The Kier molecular flexibility index (Phi) is 5.69. The number of hydrogen-bond acceptors (Lipinski definition) is 1. The van der Waals surface area contributed by atoms with Gasteiger partial charge in [-0.15, -0.1) is 0 Å². The summed E-state index contributed by atoms with van der Waals surface area (Å²) in [6, 6.07) is 57.6. The van der Waals surface area contributed by atoms with Crippen LogP contribution in [0, 0.1) is 0 Å². The topological polar surface area (TPSA) is 13.1 Å². The van der Waals surface area contributed by atoms with Crippen molar-refractivity contribution in [3.05, 3.63) is 169 Å². The predicted molar refractivity (Wildman–Crippen MR) is 203 cm³/mol. The highest BCUT2D eigenvalue weighted by Crippen LogP contribution is 2.52. The highest BCUT2D eigenvalue weighted by atomic mass is 16.3. The summed E-state index contributed by atoms with van der Waals surface area (Å²) in [5.41, 5.74) is 14.4. The van der Waals surface area contributed by atoms with Crippen LogP contribution in [0.4, 0.5) is 0 Å². The molecule has 1 aliphatic rings. The molecule has 8 aromatic carbocycles. The average Bonchev–Trinajstić information content (AvgIpc) is 3.62. The molecule has 0 unspecified atom stereocenters. The van der Waals surface area contributed by atoms with Crippen molar-refractivity contribution in [1.29, 1.82) is 0 Å². The molecular formula is C47H32O. The molecule has 10 rings (SSSR count). The molecule has 0 saturated carbocycles. The fraction of sp³-hybridized carbons (Fsp3) is 0.0638. The van der Waals surface area contributed by atoms with Crippen molar-refractivity contribution >= 4 is 43.5 Å². The second-order valence-corrected chi connectivity index (χ2v) is 13.7. The maximum Gasteiger partial charge on any atom is 0.144 e. The maximum atomic E-state index is 6.87. The number of para-hydroxylation sites is 1. The van der Waals surface area contributed by atoms with E-state index in [-0.39, 0.29) is 5.41 Å². The summed E-state index contributed by atoms with van der Waals surface area (Å²) in [7, 11) is 0. The van der Waals surface area contributed by atoms with E-state index in [1.54, 1.807) is 0 Å². The van der Waals surface area contributed by atoms with Crippen LogP contribution in [0.1, 0.15) is 25.0 Å². The molecule has 226 valence electrons. The third-order valence-corrected chi connectivity index (χ3v) is 10.7. The Morgan fingerprint density at radius 1 is 0.417 bits per heavy atom. The van der Waals surface area contributed by atoms with E-state index in [9.17, 15) is 0 Å². The highest BCUT2D eigenvalue weighted by Gasteiger charge is 2.35. The van der Waals surface area contributed by atoms with Gasteiger partial charge in [-0.1, -0.05) is 153 Å². The molecule has 0 aliphatic heterocycles. The minimum absolute atomic E-state index is 0.0376. The maximum absolute atomic E-state index is 6.87. The summed E-state index contributed by atoms with van der Waals surface area (Å²) >= 11 is 0. The van der Waals surface area contributed by atoms with Gasteiger partial charge in [-0.2, -0.15) is 0 Å². The zero-order chi connectivity index (χ0) is 32.0. The van der Waals surface area contributed by atoms with Crippen molar-refractivity contribution in [2.45, 2.75) is 19.3 Å². The van der Waals surface area contributed by atoms with E-state index in [0.717, 1.165) is 22.1 Å². The molecule has 0 N–H and O–H groups in total. The van der Waals surface area contributed by atoms with Crippen LogP contribution >= 0.6 is 0 Å². The van der Waals surface area contributed by atoms with Crippen LogP contribution in [0.2, 0.25) is 0 Å². The van der Waals surface area contributed by atoms with E-state index in [1.165, 1.54) is 77.0 Å². The van der Waals surface area contributed by atoms with Crippen molar-refractivity contribution in [2.75, 3.05) is 0 Å². The van der Waals surface area contributed by atoms with Crippen LogP contribution in [0.3, 0.4) is 0 Å². The van der Waals surface area contributed by atoms with Gasteiger partial charge in [0.25, 0.3) is 0 Å². The average molecular weight is 613 g/mol. The van der Waals surface area contributed by atoms with Gasteiger partial charge in [0, 0.05) is 27.3 Å². The lowest BCUT2D eigenvalue weighted by atomic mass is 9.82. The van der Waals surface area contributed by atoms with Crippen LogP contribution in [0.15, 0.2) is 162 Å². The first-order valence-corrected chi connectivity index (χ1v) is 16.8. The molecule has 0 radical (unpaired) electrons. The van der Waals surface area contributed by atoms with Gasteiger partial charge in [-0.25, -0.2) is 0 Å². The Labute approximate surface area is 279 Å². The molecule has 1 heterocycles. The summed E-state index contributed by atoms with van der Waals surface area (Å²) in [5, 5.41) is 7.25. The van der Waals surface area contributed by atoms with E-state index in [4.69, 9.17) is 4.42 Å². The van der Waals surface area contributed by atoms with Gasteiger partial charge in [-0.3, -0.25) is 0 Å². The summed E-state index contributed by atoms with van der Waals surface area (Å²) < 4.78 is 6.87. The molecule has 1 aliphatic carbocycles. The van der Waals surface area contributed by atoms with Crippen molar-refractivity contribution in [1.82, 2.24) is 0 Å². The van der Waals surface area contributed by atoms with Gasteiger partial charge < -0.3 is 4.42 Å². The van der Waals surface area contributed by atoms with Gasteiger partial charge in [-0.05, 0) is 84.3 Å². The van der Waals surface area contributed by atoms with Crippen LogP contribution in [0.25, 0.3) is 88.0 Å². The molecule has 0 fully saturated rings. The fourth-order valence-electron chi connectivity index (χ4n) is 8.31. The second-order valence-electron chi connectivity index (χ2n) is 13.7. The monoisotopic (exact) mass is 612 g/mol. The Hall–Kier alpha value is -5.92. The minimum atomic E-state index is -0.0376. The molecule has 0 spiro atoms. The molecule has 1 heteroatoms. The first kappa shape index (κ1) is 27.2. The van der Waals surface area contributed by atoms with E-state index in [0.29, 0.717) is 0 Å². The Morgan fingerprint density at radius 2 is 1.02 bits per heavy atom. The first-order chi connectivity index (χ1) is 23.6. The van der Waals surface area contributed by atoms with E-state index >= 15 is 0 Å². The molecule has 0 saturated heterocycles. The number of hydrogen-bond donors (Lipinski definition) is 0. The third-order valence-electron chi connectivity index (χ3n) is 10.7. The second kappa shape index (κ2) is 10.0. The molecule has 1 aromatic heterocycles. The van der Waals surface area contributed by atoms with Gasteiger partial charge in [0.15, 0.2) is 0 Å². The van der Waals surface area contributed by atoms with Gasteiger partial charge in [0.05, 0.1) is 0 Å². The standard InChI is InChI=1S/C47H32O/c1-47(2)40-17-9-7-13-35(40)39-28-34(25-26-41(39)47)44-37-15-6-5-14-36(37)43(45-38-16-8-10-18-42(38)48-46(44)45)31-22-19-30(20-23-31)33-24-21-29-11-3-4-12-32(29)27-33/h3-28H,1-2H3. The quantitative estimate of drug-likeness (QED) is 0.193. The SMILES string of the molecule is CC1(C)c2ccccc2-c2cc(-c3c4ccccc4c(-c4ccc(-c5ccc6ccccc6c5)cc4)c4c3oc3ccccc34)ccc21. The highest BCUT2D eigenvalue weighted by molar-refractivity contribution is 6.26. The lowest BCUT2D eigenvalue weighted by molar-refractivity contribution is 0.660. The largest absolute Gasteiger partial charge is 0.455 e. The van der Waals surface area contributed by atoms with Crippen molar-refractivity contribution in [3.63, 3.8) is 0 Å². The van der Waals surface area contributed by atoms with E-state index in [2.05, 4.69) is 172 Å². The van der Waals surface area contributed by atoms with Crippen LogP contribution < -0.4 is 0 Å². The molecule has 48 heavy (non-hydrogen) atoms. The smallest absolute Gasteiger partial charge is 0.144 e. The zero-order valence-corrected chi connectivity index (χ0v) is 26.9. The Morgan fingerprint density at radius 3 is 1.85 bits per heavy atom. The number of fused-ring (bicyclic) bond motifs is 8. The zero-order valence-electron chi connectivity index (χ0n) is 26.9. The lowest BCUT2D eigenvalue weighted by Gasteiger charge is -2.21. The number of rotatable bonds is 3. The molecule has 9 aromatic rings. The van der Waals surface area contributed by atoms with Crippen molar-refractivity contribution < 1.29 is 4.42 Å². The van der Waals surface area contributed by atoms with Gasteiger partial charge >= 0.3 is 0 Å². The number of benzene rings is 8. The summed E-state index contributed by atoms with van der Waals surface area (Å²) in [6.45, 7) is 4.68. The number of furan rings is 1. The lowest BCUT2D eigenvalue weighted by Crippen LogP contribution is -2.14. The van der Waals surface area contributed by atoms with Crippen LogP contribution in [-0.4, -0.2) is 0 Å². The minimum Gasteiger partial charge on any atom is -0.455 e. The van der Waals surface area contributed by atoms with Crippen molar-refractivity contribution in [3.8, 4) is 44.5 Å². The molecule has 0 amide bonds. The Bertz CT molecular complexity index is 2740. The Balaban J connectivity index is 1.22. The molecular weight excluding hydrogens is 581 g/mol. The van der Waals surface area contributed by atoms with Gasteiger partial charge in [0.2, 0.25) is 0 Å². The van der Waals surface area contributed by atoms with E-state index in [1.807, 2.05) is 0 Å². The van der Waals surface area contributed by atoms with Crippen LogP contribution in [-0.2, 0) is 5.41 Å². The summed E-state index contributed by atoms with van der Waals surface area (Å²) in [5.74, 6) is 0.